The number of hydrogen-bond acceptors (Lipinski definition) is 22. The molecule has 14 N–H and O–H groups in total. The van der Waals surface area contributed by atoms with Crippen molar-refractivity contribution in [3.63, 3.8) is 0 Å². The van der Waals surface area contributed by atoms with E-state index in [-0.39, 0.29) is 43.4 Å². The number of carbonyl (C=O) groups is 4. The van der Waals surface area contributed by atoms with Gasteiger partial charge in [-0.2, -0.15) is 0 Å². The highest BCUT2D eigenvalue weighted by Gasteiger charge is 2.77. The lowest BCUT2D eigenvalue weighted by Gasteiger charge is -2.72. The van der Waals surface area contributed by atoms with Gasteiger partial charge in [0, 0.05) is 11.8 Å². The van der Waals surface area contributed by atoms with Crippen LogP contribution in [0.5, 0.6) is 0 Å². The van der Waals surface area contributed by atoms with E-state index in [2.05, 4.69) is 46.8 Å². The molecule has 0 bridgehead atoms. The van der Waals surface area contributed by atoms with Crippen molar-refractivity contribution in [2.45, 2.75) is 283 Å². The highest BCUT2D eigenvalue weighted by Crippen LogP contribution is 2.79. The summed E-state index contributed by atoms with van der Waals surface area (Å²) in [5.74, 6) is -7.35. The third-order valence-electron chi connectivity index (χ3n) is 31.2. The number of ether oxygens (including phenoxy) is 5. The van der Waals surface area contributed by atoms with Crippen LogP contribution in [-0.2, 0) is 42.9 Å². The number of hydrogen-bond donors (Lipinski definition) is 14. The van der Waals surface area contributed by atoms with Crippen LogP contribution in [0.1, 0.15) is 186 Å². The van der Waals surface area contributed by atoms with Gasteiger partial charge in [0.1, 0.15) is 60.4 Å². The van der Waals surface area contributed by atoms with Crippen LogP contribution in [0.2, 0.25) is 0 Å². The SMILES string of the molecule is C[C@@H]1CC[C@]2(C(=O)O[C@@H]3O[C@H](CO)[C@@H](O)[C@H](O)[C@H]3O)CC[C@]3(C)C(=CC[C@@H]4[C@@]5(C)C[C@@H](O)[C@@H](OC(=O)[C@@]6(C)[C@@H]7CC[C@]8(C)[C@H](CC=C9[C@@H]%10[C@H](O)C(C)(C)CC[C@]%10(C(=O)O[C@@H]%10O[C@H](CO)[C@@H](O)[C@H](O)[C@H]%10O)CC[C@]98C)[C@@]7(C)C[C@@H](O)[C@@H]6O)[C@](C)(C(=O)O)[C@@H]5CC[C@]43C)[C@@H]2[C@]1(C)O. The number of esters is 3. The first-order valence-corrected chi connectivity index (χ1v) is 35.3. The monoisotopic (exact) mass is 1340 g/mol. The van der Waals surface area contributed by atoms with Crippen molar-refractivity contribution in [3.8, 4) is 0 Å². The number of carboxylic acids is 1. The molecule has 2 aliphatic heterocycles. The van der Waals surface area contributed by atoms with Gasteiger partial charge in [-0.05, 0) is 191 Å². The van der Waals surface area contributed by atoms with Crippen molar-refractivity contribution < 1.29 is 114 Å². The number of rotatable bonds is 9. The Morgan fingerprint density at radius 2 is 0.947 bits per heavy atom. The Kier molecular flexibility index (Phi) is 17.4. The fourth-order valence-corrected chi connectivity index (χ4v) is 24.8. The highest BCUT2D eigenvalue weighted by atomic mass is 16.7. The molecule has 0 aromatic rings. The van der Waals surface area contributed by atoms with Crippen LogP contribution in [0, 0.1) is 101 Å². The summed E-state index contributed by atoms with van der Waals surface area (Å²) in [5, 5.41) is 159. The first-order valence-electron chi connectivity index (χ1n) is 35.3. The molecule has 0 aromatic carbocycles. The zero-order chi connectivity index (χ0) is 69.8. The van der Waals surface area contributed by atoms with E-state index in [1.54, 1.807) is 20.8 Å². The van der Waals surface area contributed by atoms with Gasteiger partial charge >= 0.3 is 23.9 Å². The summed E-state index contributed by atoms with van der Waals surface area (Å²) in [6.45, 7) is 22.1. The molecule has 10 fully saturated rings. The quantitative estimate of drug-likeness (QED) is 0.0892. The molecular weight excluding hydrogens is 1230 g/mol. The van der Waals surface area contributed by atoms with Gasteiger partial charge in [0.25, 0.3) is 0 Å². The molecule has 8 saturated carbocycles. The van der Waals surface area contributed by atoms with Gasteiger partial charge in [-0.3, -0.25) is 19.2 Å². The fraction of sp³-hybridized carbons (Fsp3) is 0.889. The molecule has 2 heterocycles. The summed E-state index contributed by atoms with van der Waals surface area (Å²) in [6.07, 6.45) is -14.1. The molecule has 95 heavy (non-hydrogen) atoms. The molecule has 2 saturated heterocycles. The molecule has 0 radical (unpaired) electrons. The minimum atomic E-state index is -1.88. The van der Waals surface area contributed by atoms with Gasteiger partial charge in [0.15, 0.2) is 0 Å². The van der Waals surface area contributed by atoms with E-state index in [1.807, 2.05) is 27.7 Å². The van der Waals surface area contributed by atoms with Crippen molar-refractivity contribution in [2.24, 2.45) is 101 Å². The summed E-state index contributed by atoms with van der Waals surface area (Å²) < 4.78 is 29.9. The number of aliphatic hydroxyl groups excluding tert-OH is 12. The van der Waals surface area contributed by atoms with Gasteiger partial charge < -0.3 is 95.2 Å². The van der Waals surface area contributed by atoms with E-state index in [4.69, 9.17) is 23.7 Å². The maximum absolute atomic E-state index is 15.8. The number of carboxylic acid groups (broad SMARTS) is 1. The molecule has 0 aromatic heterocycles. The van der Waals surface area contributed by atoms with Crippen LogP contribution in [0.25, 0.3) is 0 Å². The van der Waals surface area contributed by atoms with Gasteiger partial charge in [-0.15, -0.1) is 0 Å². The van der Waals surface area contributed by atoms with Crippen molar-refractivity contribution in [2.75, 3.05) is 13.2 Å². The Bertz CT molecular complexity index is 3110. The van der Waals surface area contributed by atoms with Crippen molar-refractivity contribution in [3.05, 3.63) is 23.3 Å². The van der Waals surface area contributed by atoms with Crippen LogP contribution in [0.4, 0.5) is 0 Å². The largest absolute Gasteiger partial charge is 0.481 e. The number of allylic oxidation sites excluding steroid dienone is 2. The van der Waals surface area contributed by atoms with E-state index < -0.39 is 218 Å². The van der Waals surface area contributed by atoms with Crippen LogP contribution >= 0.6 is 0 Å². The van der Waals surface area contributed by atoms with E-state index in [9.17, 15) is 85.9 Å². The maximum Gasteiger partial charge on any atom is 0.315 e. The minimum absolute atomic E-state index is 0.0435. The molecule has 0 amide bonds. The Balaban J connectivity index is 0.825. The van der Waals surface area contributed by atoms with Crippen molar-refractivity contribution in [1.82, 2.24) is 0 Å². The van der Waals surface area contributed by atoms with Crippen LogP contribution in [0.3, 0.4) is 0 Å². The van der Waals surface area contributed by atoms with Crippen LogP contribution in [0.15, 0.2) is 23.3 Å². The topological polar surface area (TPSA) is 398 Å². The first kappa shape index (κ1) is 71.6. The standard InChI is InChI=1S/C72H110O23/c1-33-17-22-72(60(89)95-56-50(82)48(80)46(78)39(32-74)92-56)28-25-65(7)35(51(72)70(33,12)90)14-16-41-63(5)30-37(76)54(69(11,57(85)86)43(63)19-21-67(41,65)9)93-58(87)68(10)42-18-20-66(8)40(62(42,4)29-36(75)52(68)83)15-13-34-44-53(84)61(2,3)23-26-71(44,27-24-64(34,66)6)59(88)94-55-49(81)47(79)45(77)38(31-73)91-55/h13-14,33,36-56,73-84,90H,15-32H2,1-12H3,(H,85,86)/t33-,36-,37-,38-,39-,40-,41-,42-,43-,44-,45-,46-,47+,48+,49-,50-,51-,52+,53+,54-,55+,56+,62-,63-,64-,65-,66-,67-,68+,69-,70-,71+,72+/m1/s1. The number of aliphatic hydroxyl groups is 13. The van der Waals surface area contributed by atoms with E-state index in [0.717, 1.165) is 11.1 Å². The summed E-state index contributed by atoms with van der Waals surface area (Å²) >= 11 is 0. The summed E-state index contributed by atoms with van der Waals surface area (Å²) in [7, 11) is 0. The zero-order valence-corrected chi connectivity index (χ0v) is 57.5. The highest BCUT2D eigenvalue weighted by molar-refractivity contribution is 5.82. The summed E-state index contributed by atoms with van der Waals surface area (Å²) in [4.78, 5) is 60.2. The first-order chi connectivity index (χ1) is 44.0. The molecule has 0 spiro atoms. The predicted molar refractivity (Wildman–Crippen MR) is 336 cm³/mol. The molecule has 33 atom stereocenters. The molecular formula is C72H110O23. The second-order valence-electron chi connectivity index (χ2n) is 35.3. The molecule has 0 unspecified atom stereocenters. The average molecular weight is 1340 g/mol. The zero-order valence-electron chi connectivity index (χ0n) is 57.5. The normalized spacial score (nSPS) is 56.1. The Hall–Kier alpha value is -3.24. The number of aliphatic carboxylic acids is 1. The Labute approximate surface area is 557 Å². The fourth-order valence-electron chi connectivity index (χ4n) is 24.8. The van der Waals surface area contributed by atoms with E-state index in [0.29, 0.717) is 77.0 Å². The van der Waals surface area contributed by atoms with Gasteiger partial charge in [0.05, 0.1) is 59.5 Å². The van der Waals surface area contributed by atoms with E-state index >= 15 is 4.79 Å². The van der Waals surface area contributed by atoms with Gasteiger partial charge in [0.2, 0.25) is 12.6 Å². The lowest BCUT2D eigenvalue weighted by molar-refractivity contribution is -0.299. The summed E-state index contributed by atoms with van der Waals surface area (Å²) in [6, 6.07) is 0. The van der Waals surface area contributed by atoms with Crippen molar-refractivity contribution >= 4 is 23.9 Å². The van der Waals surface area contributed by atoms with E-state index in [1.165, 1.54) is 0 Å². The Morgan fingerprint density at radius 3 is 1.45 bits per heavy atom. The van der Waals surface area contributed by atoms with Gasteiger partial charge in [-0.25, -0.2) is 0 Å². The maximum atomic E-state index is 15.8. The third-order valence-corrected chi connectivity index (χ3v) is 31.2. The third kappa shape index (κ3) is 9.40. The molecule has 12 aliphatic rings. The molecule has 10 aliphatic carbocycles. The minimum Gasteiger partial charge on any atom is -0.481 e. The Morgan fingerprint density at radius 1 is 0.495 bits per heavy atom. The van der Waals surface area contributed by atoms with Crippen LogP contribution in [-0.4, -0.2) is 206 Å². The predicted octanol–water partition coefficient (Wildman–Crippen LogP) is 3.48. The average Bonchev–Trinajstić information content (AvgIpc) is 0.674. The molecule has 23 nitrogen and oxygen atoms in total. The van der Waals surface area contributed by atoms with Gasteiger partial charge in [-0.1, -0.05) is 85.6 Å². The lowest BCUT2D eigenvalue weighted by atomic mass is 9.32. The number of carbonyl (C=O) groups excluding carboxylic acids is 3. The molecule has 12 rings (SSSR count). The van der Waals surface area contributed by atoms with Crippen molar-refractivity contribution in [1.29, 1.82) is 0 Å². The molecule has 23 heteroatoms. The summed E-state index contributed by atoms with van der Waals surface area (Å²) in [5.41, 5.74) is -11.1. The second kappa shape index (κ2) is 23.1. The smallest absolute Gasteiger partial charge is 0.315 e. The lowest BCUT2D eigenvalue weighted by Crippen LogP contribution is -2.71. The molecule has 536 valence electrons. The number of fused-ring (bicyclic) bond motifs is 14. The second-order valence-corrected chi connectivity index (χ2v) is 35.3. The van der Waals surface area contributed by atoms with Crippen LogP contribution < -0.4 is 0 Å².